The van der Waals surface area contributed by atoms with Crippen LogP contribution in [0.3, 0.4) is 0 Å². The highest BCUT2D eigenvalue weighted by Gasteiger charge is 2.34. The Morgan fingerprint density at radius 2 is 2.00 bits per heavy atom. The van der Waals surface area contributed by atoms with Crippen LogP contribution in [0.5, 0.6) is 5.75 Å². The molecule has 1 saturated heterocycles. The van der Waals surface area contributed by atoms with Crippen LogP contribution in [-0.4, -0.2) is 34.7 Å². The van der Waals surface area contributed by atoms with Crippen molar-refractivity contribution in [3.8, 4) is 5.75 Å². The predicted molar refractivity (Wildman–Crippen MR) is 116 cm³/mol. The summed E-state index contributed by atoms with van der Waals surface area (Å²) in [4.78, 5) is 26.7. The number of hydrogen-bond donors (Lipinski definition) is 1. The molecule has 154 valence electrons. The number of para-hydroxylation sites is 1. The maximum atomic E-state index is 12.5. The number of carbonyl (C=O) groups excluding carboxylic acids is 2. The summed E-state index contributed by atoms with van der Waals surface area (Å²) in [6.07, 6.45) is -0.297. The van der Waals surface area contributed by atoms with Crippen molar-refractivity contribution >= 4 is 34.0 Å². The van der Waals surface area contributed by atoms with Gasteiger partial charge in [-0.3, -0.25) is 14.9 Å². The Hall–Kier alpha value is -3.26. The Kier molecular flexibility index (Phi) is 5.76. The van der Waals surface area contributed by atoms with E-state index in [2.05, 4.69) is 15.5 Å². The van der Waals surface area contributed by atoms with Gasteiger partial charge in [-0.1, -0.05) is 41.7 Å². The SMILES string of the molecule is Cc1cccc(N2CC(c3nnc(NC(=O)C(C)Oc4ccccc4)s3)CC2=O)c1. The van der Waals surface area contributed by atoms with Crippen molar-refractivity contribution in [2.45, 2.75) is 32.3 Å². The molecular formula is C22H22N4O3S. The first-order chi connectivity index (χ1) is 14.5. The molecule has 2 aromatic carbocycles. The third-order valence-corrected chi connectivity index (χ3v) is 5.88. The fourth-order valence-electron chi connectivity index (χ4n) is 3.33. The van der Waals surface area contributed by atoms with Gasteiger partial charge in [-0.15, -0.1) is 10.2 Å². The van der Waals surface area contributed by atoms with Crippen molar-refractivity contribution in [1.29, 1.82) is 0 Å². The second-order valence-electron chi connectivity index (χ2n) is 7.25. The molecule has 1 aliphatic heterocycles. The van der Waals surface area contributed by atoms with Gasteiger partial charge in [0.15, 0.2) is 6.10 Å². The fraction of sp³-hybridized carbons (Fsp3) is 0.273. The molecule has 30 heavy (non-hydrogen) atoms. The number of nitrogens with zero attached hydrogens (tertiary/aromatic N) is 3. The van der Waals surface area contributed by atoms with E-state index in [0.717, 1.165) is 16.3 Å². The van der Waals surface area contributed by atoms with Crippen molar-refractivity contribution in [2.24, 2.45) is 0 Å². The zero-order valence-electron chi connectivity index (χ0n) is 16.7. The molecule has 0 saturated carbocycles. The summed E-state index contributed by atoms with van der Waals surface area (Å²) in [5, 5.41) is 12.2. The standard InChI is InChI=1S/C22H22N4O3S/c1-14-7-6-8-17(11-14)26-13-16(12-19(26)27)21-24-25-22(30-21)23-20(28)15(2)29-18-9-4-3-5-10-18/h3-11,15-16H,12-13H2,1-2H3,(H,23,25,28). The van der Waals surface area contributed by atoms with Crippen LogP contribution in [0.4, 0.5) is 10.8 Å². The maximum Gasteiger partial charge on any atom is 0.266 e. The second-order valence-corrected chi connectivity index (χ2v) is 8.26. The largest absolute Gasteiger partial charge is 0.481 e. The molecule has 0 aliphatic carbocycles. The average Bonchev–Trinajstić information content (AvgIpc) is 3.35. The highest BCUT2D eigenvalue weighted by molar-refractivity contribution is 7.15. The summed E-state index contributed by atoms with van der Waals surface area (Å²) in [6, 6.07) is 17.1. The Balaban J connectivity index is 1.38. The molecule has 8 heteroatoms. The van der Waals surface area contributed by atoms with Crippen LogP contribution in [-0.2, 0) is 9.59 Å². The lowest BCUT2D eigenvalue weighted by molar-refractivity contribution is -0.122. The van der Waals surface area contributed by atoms with E-state index < -0.39 is 6.10 Å². The van der Waals surface area contributed by atoms with Crippen LogP contribution in [0, 0.1) is 6.92 Å². The van der Waals surface area contributed by atoms with E-state index in [4.69, 9.17) is 4.74 Å². The highest BCUT2D eigenvalue weighted by atomic mass is 32.1. The summed E-state index contributed by atoms with van der Waals surface area (Å²) in [5.41, 5.74) is 2.00. The number of aromatic nitrogens is 2. The zero-order chi connectivity index (χ0) is 21.1. The first kappa shape index (κ1) is 20.0. The van der Waals surface area contributed by atoms with Crippen molar-refractivity contribution in [3.63, 3.8) is 0 Å². The van der Waals surface area contributed by atoms with Gasteiger partial charge < -0.3 is 9.64 Å². The molecule has 0 radical (unpaired) electrons. The molecule has 1 N–H and O–H groups in total. The molecule has 1 aromatic heterocycles. The molecule has 2 amide bonds. The number of benzene rings is 2. The molecule has 1 aliphatic rings. The lowest BCUT2D eigenvalue weighted by atomic mass is 10.1. The summed E-state index contributed by atoms with van der Waals surface area (Å²) >= 11 is 1.30. The van der Waals surface area contributed by atoms with E-state index in [-0.39, 0.29) is 17.7 Å². The van der Waals surface area contributed by atoms with Crippen molar-refractivity contribution in [3.05, 3.63) is 65.2 Å². The maximum absolute atomic E-state index is 12.5. The van der Waals surface area contributed by atoms with Crippen LogP contribution in [0.25, 0.3) is 0 Å². The normalized spacial score (nSPS) is 17.1. The Labute approximate surface area is 178 Å². The lowest BCUT2D eigenvalue weighted by Crippen LogP contribution is -2.30. The minimum atomic E-state index is -0.676. The first-order valence-electron chi connectivity index (χ1n) is 9.72. The van der Waals surface area contributed by atoms with Gasteiger partial charge in [0.1, 0.15) is 10.8 Å². The van der Waals surface area contributed by atoms with Crippen LogP contribution in [0.15, 0.2) is 54.6 Å². The minimum absolute atomic E-state index is 0.0424. The van der Waals surface area contributed by atoms with Crippen LogP contribution in [0.1, 0.15) is 29.8 Å². The summed E-state index contributed by atoms with van der Waals surface area (Å²) in [5.74, 6) is 0.347. The molecular weight excluding hydrogens is 400 g/mol. The van der Waals surface area contributed by atoms with E-state index in [9.17, 15) is 9.59 Å². The van der Waals surface area contributed by atoms with E-state index in [1.165, 1.54) is 11.3 Å². The molecule has 7 nitrogen and oxygen atoms in total. The Morgan fingerprint density at radius 3 is 2.77 bits per heavy atom. The van der Waals surface area contributed by atoms with Crippen molar-refractivity contribution in [2.75, 3.05) is 16.8 Å². The number of carbonyl (C=O) groups is 2. The fourth-order valence-corrected chi connectivity index (χ4v) is 4.17. The van der Waals surface area contributed by atoms with Crippen molar-refractivity contribution in [1.82, 2.24) is 10.2 Å². The Morgan fingerprint density at radius 1 is 1.20 bits per heavy atom. The lowest BCUT2D eigenvalue weighted by Gasteiger charge is -2.16. The molecule has 2 unspecified atom stereocenters. The van der Waals surface area contributed by atoms with Gasteiger partial charge >= 0.3 is 0 Å². The van der Waals surface area contributed by atoms with Gasteiger partial charge in [-0.05, 0) is 43.7 Å². The van der Waals surface area contributed by atoms with E-state index in [0.29, 0.717) is 23.8 Å². The number of aryl methyl sites for hydroxylation is 1. The third-order valence-electron chi connectivity index (χ3n) is 4.88. The van der Waals surface area contributed by atoms with Gasteiger partial charge in [0.05, 0.1) is 0 Å². The quantitative estimate of drug-likeness (QED) is 0.654. The van der Waals surface area contributed by atoms with Gasteiger partial charge in [0, 0.05) is 24.6 Å². The predicted octanol–water partition coefficient (Wildman–Crippen LogP) is 3.77. The smallest absolute Gasteiger partial charge is 0.266 e. The monoisotopic (exact) mass is 422 g/mol. The molecule has 2 heterocycles. The Bertz CT molecular complexity index is 1050. The second kappa shape index (κ2) is 8.62. The van der Waals surface area contributed by atoms with Gasteiger partial charge in [0.25, 0.3) is 5.91 Å². The number of ether oxygens (including phenoxy) is 1. The average molecular weight is 423 g/mol. The summed E-state index contributed by atoms with van der Waals surface area (Å²) in [6.45, 7) is 4.24. The molecule has 1 fully saturated rings. The number of anilines is 2. The topological polar surface area (TPSA) is 84.4 Å². The van der Waals surface area contributed by atoms with Gasteiger partial charge in [-0.25, -0.2) is 0 Å². The van der Waals surface area contributed by atoms with Crippen molar-refractivity contribution < 1.29 is 14.3 Å². The number of amides is 2. The van der Waals surface area contributed by atoms with Crippen LogP contribution < -0.4 is 15.0 Å². The van der Waals surface area contributed by atoms with Crippen LogP contribution in [0.2, 0.25) is 0 Å². The minimum Gasteiger partial charge on any atom is -0.481 e. The van der Waals surface area contributed by atoms with Gasteiger partial charge in [-0.2, -0.15) is 0 Å². The number of hydrogen-bond acceptors (Lipinski definition) is 6. The highest BCUT2D eigenvalue weighted by Crippen LogP contribution is 2.34. The zero-order valence-corrected chi connectivity index (χ0v) is 17.6. The number of nitrogens with one attached hydrogen (secondary N) is 1. The third kappa shape index (κ3) is 4.49. The van der Waals surface area contributed by atoms with E-state index in [1.807, 2.05) is 49.4 Å². The molecule has 2 atom stereocenters. The van der Waals surface area contributed by atoms with Crippen LogP contribution >= 0.6 is 11.3 Å². The first-order valence-corrected chi connectivity index (χ1v) is 10.5. The summed E-state index contributed by atoms with van der Waals surface area (Å²) < 4.78 is 5.63. The molecule has 0 bridgehead atoms. The summed E-state index contributed by atoms with van der Waals surface area (Å²) in [7, 11) is 0. The molecule has 0 spiro atoms. The molecule has 3 aromatic rings. The van der Waals surface area contributed by atoms with E-state index >= 15 is 0 Å². The molecule has 4 rings (SSSR count). The van der Waals surface area contributed by atoms with Gasteiger partial charge in [0.2, 0.25) is 11.0 Å². The van der Waals surface area contributed by atoms with E-state index in [1.54, 1.807) is 24.0 Å². The number of rotatable bonds is 6.